The summed E-state index contributed by atoms with van der Waals surface area (Å²) in [4.78, 5) is 24.2. The second kappa shape index (κ2) is 9.07. The van der Waals surface area contributed by atoms with Crippen molar-refractivity contribution in [3.8, 4) is 17.0 Å². The first-order chi connectivity index (χ1) is 20.5. The maximum atomic E-state index is 16.7. The highest BCUT2D eigenvalue weighted by Gasteiger charge is 2.51. The molecule has 0 spiro atoms. The van der Waals surface area contributed by atoms with Crippen molar-refractivity contribution in [2.24, 2.45) is 11.8 Å². The van der Waals surface area contributed by atoms with Gasteiger partial charge in [0.25, 0.3) is 5.03 Å². The molecule has 2 bridgehead atoms. The Hall–Kier alpha value is -3.37. The summed E-state index contributed by atoms with van der Waals surface area (Å²) in [5, 5.41) is 1.74. The Morgan fingerprint density at radius 1 is 1.12 bits per heavy atom. The number of pyridine rings is 2. The molecule has 3 aromatic heterocycles. The number of cyclic esters (lactones) is 1. The van der Waals surface area contributed by atoms with Gasteiger partial charge in [0.15, 0.2) is 5.82 Å². The molecular formula is C32H31FN4O4S. The maximum absolute atomic E-state index is 16.7. The van der Waals surface area contributed by atoms with Gasteiger partial charge >= 0.3 is 6.09 Å². The summed E-state index contributed by atoms with van der Waals surface area (Å²) in [6.07, 6.45) is 10.1. The molecule has 5 fully saturated rings. The van der Waals surface area contributed by atoms with Crippen LogP contribution in [0.4, 0.5) is 9.18 Å². The number of rotatable bonds is 4. The van der Waals surface area contributed by atoms with Crippen molar-refractivity contribution >= 4 is 39.1 Å². The summed E-state index contributed by atoms with van der Waals surface area (Å²) in [5.41, 5.74) is 3.89. The number of benzene rings is 1. The molecule has 6 aliphatic rings. The maximum Gasteiger partial charge on any atom is 0.410 e. The molecule has 10 rings (SSSR count). The lowest BCUT2D eigenvalue weighted by molar-refractivity contribution is 0.140. The third-order valence-corrected chi connectivity index (χ3v) is 11.3. The molecule has 10 heteroatoms. The highest BCUT2D eigenvalue weighted by Crippen LogP contribution is 2.59. The van der Waals surface area contributed by atoms with Crippen molar-refractivity contribution in [1.29, 1.82) is 0 Å². The van der Waals surface area contributed by atoms with Crippen LogP contribution < -0.4 is 4.74 Å². The van der Waals surface area contributed by atoms with E-state index in [1.54, 1.807) is 12.5 Å². The first-order valence-corrected chi connectivity index (χ1v) is 16.6. The van der Waals surface area contributed by atoms with Gasteiger partial charge in [-0.3, -0.25) is 9.88 Å². The number of para-hydroxylation sites is 1. The van der Waals surface area contributed by atoms with E-state index in [-0.39, 0.29) is 35.4 Å². The van der Waals surface area contributed by atoms with Gasteiger partial charge < -0.3 is 18.6 Å². The van der Waals surface area contributed by atoms with Crippen molar-refractivity contribution in [3.05, 3.63) is 47.5 Å². The lowest BCUT2D eigenvalue weighted by Crippen LogP contribution is -2.35. The molecule has 4 aromatic rings. The van der Waals surface area contributed by atoms with Crippen LogP contribution in [-0.2, 0) is 22.3 Å². The molecule has 3 aliphatic heterocycles. The van der Waals surface area contributed by atoms with Gasteiger partial charge in [-0.25, -0.2) is 9.18 Å². The summed E-state index contributed by atoms with van der Waals surface area (Å²) in [6, 6.07) is 8.04. The van der Waals surface area contributed by atoms with Crippen molar-refractivity contribution in [1.82, 2.24) is 19.4 Å². The number of ether oxygens (including phenoxy) is 2. The van der Waals surface area contributed by atoms with Gasteiger partial charge in [0.2, 0.25) is 0 Å². The predicted octanol–water partition coefficient (Wildman–Crippen LogP) is 6.08. The average Bonchev–Trinajstić information content (AvgIpc) is 3.81. The van der Waals surface area contributed by atoms with Crippen LogP contribution in [0.1, 0.15) is 61.9 Å². The van der Waals surface area contributed by atoms with Gasteiger partial charge in [-0.15, -0.1) is 0 Å². The van der Waals surface area contributed by atoms with Gasteiger partial charge in [-0.1, -0.05) is 12.1 Å². The smallest absolute Gasteiger partial charge is 0.410 e. The Balaban J connectivity index is 1.32. The molecule has 6 heterocycles. The number of hydrogen-bond donors (Lipinski definition) is 0. The van der Waals surface area contributed by atoms with Gasteiger partial charge in [-0.05, 0) is 74.5 Å². The van der Waals surface area contributed by atoms with Gasteiger partial charge in [0.1, 0.15) is 29.8 Å². The van der Waals surface area contributed by atoms with E-state index >= 15 is 4.39 Å². The number of halogens is 1. The van der Waals surface area contributed by atoms with Crippen LogP contribution in [0.5, 0.6) is 5.75 Å². The third-order valence-electron chi connectivity index (χ3n) is 10.5. The van der Waals surface area contributed by atoms with E-state index in [2.05, 4.69) is 10.6 Å². The Labute approximate surface area is 245 Å². The van der Waals surface area contributed by atoms with Crippen molar-refractivity contribution in [2.75, 3.05) is 19.5 Å². The Morgan fingerprint density at radius 2 is 1.98 bits per heavy atom. The summed E-state index contributed by atoms with van der Waals surface area (Å²) in [5.74, 6) is 1.23. The summed E-state index contributed by atoms with van der Waals surface area (Å²) >= 11 is -1.47. The summed E-state index contributed by atoms with van der Waals surface area (Å²) in [7, 11) is 0. The van der Waals surface area contributed by atoms with Gasteiger partial charge in [-0.2, -0.15) is 4.98 Å². The fourth-order valence-electron chi connectivity index (χ4n) is 8.60. The number of hydrogen-bond acceptors (Lipinski definition) is 6. The molecule has 0 radical (unpaired) electrons. The molecule has 6 atom stereocenters. The molecule has 2 unspecified atom stereocenters. The van der Waals surface area contributed by atoms with Crippen LogP contribution in [0, 0.1) is 17.7 Å². The monoisotopic (exact) mass is 586 g/mol. The molecular weight excluding hydrogens is 555 g/mol. The van der Waals surface area contributed by atoms with Gasteiger partial charge in [0.05, 0.1) is 29.6 Å². The Kier molecular flexibility index (Phi) is 5.43. The Morgan fingerprint density at radius 3 is 2.79 bits per heavy atom. The molecule has 2 saturated heterocycles. The number of fused-ring (bicyclic) bond motifs is 6. The molecule has 3 aliphatic carbocycles. The predicted molar refractivity (Wildman–Crippen MR) is 155 cm³/mol. The minimum atomic E-state index is -1.47. The molecule has 216 valence electrons. The van der Waals surface area contributed by atoms with E-state index in [0.717, 1.165) is 47.8 Å². The van der Waals surface area contributed by atoms with Crippen LogP contribution in [0.2, 0.25) is 0 Å². The molecule has 0 N–H and O–H groups in total. The summed E-state index contributed by atoms with van der Waals surface area (Å²) < 4.78 is 43.7. The largest absolute Gasteiger partial charge is 0.610 e. The number of carbonyl (C=O) groups excluding carboxylic acids is 1. The first-order valence-electron chi connectivity index (χ1n) is 15.1. The number of carbonyl (C=O) groups is 1. The molecule has 1 aromatic carbocycles. The van der Waals surface area contributed by atoms with Crippen molar-refractivity contribution in [2.45, 2.75) is 68.1 Å². The van der Waals surface area contributed by atoms with Crippen molar-refractivity contribution in [3.63, 3.8) is 0 Å². The Bertz CT molecular complexity index is 1790. The van der Waals surface area contributed by atoms with Crippen LogP contribution in [0.25, 0.3) is 33.1 Å². The van der Waals surface area contributed by atoms with E-state index < -0.39 is 17.0 Å². The number of aryl methyl sites for hydroxylation is 1. The fraction of sp³-hybridized carbons (Fsp3) is 0.469. The van der Waals surface area contributed by atoms with Crippen LogP contribution in [0.3, 0.4) is 0 Å². The van der Waals surface area contributed by atoms with Crippen molar-refractivity contribution < 1.29 is 23.2 Å². The standard InChI is InChI=1S/C32H31FN4O4S/c1-42(39)31-21-13-24(23-10-9-19-15-41-32(38)36(19)23)37(28-17-7-8-18(28)12-17)29(21)22-14-34-26(25(33)27(22)35-31)20-6-2-4-16-5-3-11-40-30(16)20/h2,4,6,13-14,17-19,23,28H,3,5,7-12,15H2,1H3/t17-,18+,19-,23?,28-,42?/m0/s1. The minimum absolute atomic E-state index is 0.0717. The summed E-state index contributed by atoms with van der Waals surface area (Å²) in [6.45, 7) is 1.01. The normalized spacial score (nSPS) is 28.5. The molecule has 1 amide bonds. The SMILES string of the molecule is C[S+]([O-])c1nc2c(F)c(-c3cccc4c3OCCC4)ncc2c2c1cc(C1CC[C@H]3COC(=O)N13)n2[C@@H]1[C@@H]2CC[C@H]1C2. The van der Waals surface area contributed by atoms with E-state index in [1.807, 2.05) is 23.1 Å². The average molecular weight is 587 g/mol. The second-order valence-corrected chi connectivity index (χ2v) is 13.9. The van der Waals surface area contributed by atoms with Crippen LogP contribution >= 0.6 is 0 Å². The number of nitrogens with zero attached hydrogens (tertiary/aromatic N) is 4. The van der Waals surface area contributed by atoms with E-state index in [1.165, 1.54) is 19.3 Å². The van der Waals surface area contributed by atoms with E-state index in [4.69, 9.17) is 19.4 Å². The quantitative estimate of drug-likeness (QED) is 0.269. The van der Waals surface area contributed by atoms with Crippen LogP contribution in [0.15, 0.2) is 35.5 Å². The lowest BCUT2D eigenvalue weighted by Gasteiger charge is -2.40. The highest BCUT2D eigenvalue weighted by molar-refractivity contribution is 7.90. The van der Waals surface area contributed by atoms with Crippen LogP contribution in [-0.4, -0.2) is 55.6 Å². The van der Waals surface area contributed by atoms with Gasteiger partial charge in [0, 0.05) is 40.1 Å². The zero-order valence-corrected chi connectivity index (χ0v) is 24.2. The fourth-order valence-corrected chi connectivity index (χ4v) is 9.29. The molecule has 8 nitrogen and oxygen atoms in total. The zero-order chi connectivity index (χ0) is 28.3. The lowest BCUT2D eigenvalue weighted by atomic mass is 9.78. The zero-order valence-electron chi connectivity index (χ0n) is 23.3. The van der Waals surface area contributed by atoms with E-state index in [0.29, 0.717) is 46.8 Å². The minimum Gasteiger partial charge on any atom is -0.610 e. The highest BCUT2D eigenvalue weighted by atomic mass is 32.2. The second-order valence-electron chi connectivity index (χ2n) is 12.6. The first kappa shape index (κ1) is 25.2. The number of aromatic nitrogens is 3. The molecule has 3 saturated carbocycles. The topological polar surface area (TPSA) is 92.5 Å². The third kappa shape index (κ3) is 3.36. The molecule has 42 heavy (non-hydrogen) atoms. The number of amides is 1. The van der Waals surface area contributed by atoms with E-state index in [9.17, 15) is 9.35 Å².